The van der Waals surface area contributed by atoms with Gasteiger partial charge >= 0.3 is 8.60 Å². The predicted octanol–water partition coefficient (Wildman–Crippen LogP) is 9.97. The van der Waals surface area contributed by atoms with Crippen LogP contribution in [0, 0.1) is 22.7 Å². The average molecular weight is 831 g/mol. The maximum atomic E-state index is 10.2. The van der Waals surface area contributed by atoms with E-state index in [1.165, 1.54) is 122 Å². The number of hydrogen-bond acceptors (Lipinski definition) is 13. The van der Waals surface area contributed by atoms with Gasteiger partial charge in [-0.2, -0.15) is 15.6 Å². The summed E-state index contributed by atoms with van der Waals surface area (Å²) >= 11 is 0. The van der Waals surface area contributed by atoms with E-state index in [2.05, 4.69) is 33.0 Å². The maximum absolute atomic E-state index is 10.2. The number of aryl methyl sites for hydroxylation is 1. The van der Waals surface area contributed by atoms with Crippen molar-refractivity contribution in [2.45, 2.75) is 169 Å². The highest BCUT2D eigenvalue weighted by Gasteiger charge is 2.32. The molecule has 328 valence electrons. The number of nitrogens with zero attached hydrogens (tertiary/aromatic N) is 7. The second kappa shape index (κ2) is 37.9. The van der Waals surface area contributed by atoms with Crippen LogP contribution in [0.1, 0.15) is 167 Å². The molecule has 14 nitrogen and oxygen atoms in total. The van der Waals surface area contributed by atoms with Crippen LogP contribution < -0.4 is 5.73 Å². The summed E-state index contributed by atoms with van der Waals surface area (Å²) in [5.41, 5.74) is 6.98. The number of hydrogen-bond donors (Lipinski definition) is 3. The molecule has 0 radical (unpaired) electrons. The van der Waals surface area contributed by atoms with Gasteiger partial charge in [0.2, 0.25) is 0 Å². The van der Waals surface area contributed by atoms with E-state index in [9.17, 15) is 10.2 Å². The van der Waals surface area contributed by atoms with Crippen LogP contribution in [0.3, 0.4) is 0 Å². The molecule has 0 aliphatic heterocycles. The van der Waals surface area contributed by atoms with Crippen molar-refractivity contribution >= 4 is 19.9 Å². The first-order chi connectivity index (χ1) is 28.4. The molecule has 3 aromatic heterocycles. The molecule has 3 aromatic rings. The second-order valence-electron chi connectivity index (χ2n) is 13.4. The van der Waals surface area contributed by atoms with Gasteiger partial charge in [0.05, 0.1) is 37.9 Å². The van der Waals surface area contributed by atoms with E-state index >= 15 is 0 Å². The van der Waals surface area contributed by atoms with E-state index in [0.717, 1.165) is 18.7 Å². The van der Waals surface area contributed by atoms with Crippen LogP contribution in [0.2, 0.25) is 0 Å². The van der Waals surface area contributed by atoms with Crippen molar-refractivity contribution in [3.8, 4) is 12.1 Å². The van der Waals surface area contributed by atoms with Crippen molar-refractivity contribution in [3.63, 3.8) is 0 Å². The zero-order valence-electron chi connectivity index (χ0n) is 36.5. The van der Waals surface area contributed by atoms with E-state index in [1.54, 1.807) is 4.52 Å². The van der Waals surface area contributed by atoms with Gasteiger partial charge in [0.25, 0.3) is 0 Å². The molecule has 0 saturated carbocycles. The fourth-order valence-corrected chi connectivity index (χ4v) is 6.42. The van der Waals surface area contributed by atoms with Crippen LogP contribution >= 0.6 is 8.60 Å². The highest BCUT2D eigenvalue weighted by molar-refractivity contribution is 7.40. The summed E-state index contributed by atoms with van der Waals surface area (Å²) in [6.45, 7) is 11.7. The number of unbranched alkanes of at least 4 members (excludes halogenated alkanes) is 15. The van der Waals surface area contributed by atoms with Gasteiger partial charge in [0, 0.05) is 26.0 Å². The Kier molecular flexibility index (Phi) is 35.7. The lowest BCUT2D eigenvalue weighted by Crippen LogP contribution is -2.35. The Bertz CT molecular complexity index is 1470. The topological polar surface area (TPSA) is 207 Å². The molecule has 2 atom stereocenters. The lowest BCUT2D eigenvalue weighted by molar-refractivity contribution is -0.0110. The van der Waals surface area contributed by atoms with Crippen LogP contribution in [-0.4, -0.2) is 73.7 Å². The number of fused-ring (bicyclic) bond motifs is 1. The number of aliphatic hydroxyl groups excluding tert-OH is 1. The van der Waals surface area contributed by atoms with Gasteiger partial charge in [-0.05, 0) is 37.8 Å². The molecule has 58 heavy (non-hydrogen) atoms. The molecule has 0 spiro atoms. The smallest absolute Gasteiger partial charge is 0.329 e. The van der Waals surface area contributed by atoms with Gasteiger partial charge < -0.3 is 34.3 Å². The Hall–Kier alpha value is -3.33. The van der Waals surface area contributed by atoms with Crippen LogP contribution in [0.4, 0.5) is 5.82 Å². The molecule has 0 saturated heterocycles. The predicted molar refractivity (Wildman–Crippen MR) is 232 cm³/mol. The van der Waals surface area contributed by atoms with Gasteiger partial charge in [0.15, 0.2) is 17.1 Å². The Morgan fingerprint density at radius 3 is 1.88 bits per heavy atom. The van der Waals surface area contributed by atoms with Crippen molar-refractivity contribution in [3.05, 3.63) is 47.9 Å². The number of nitrogen functional groups attached to an aromatic ring is 1. The monoisotopic (exact) mass is 831 g/mol. The number of aromatic nitrogens is 5. The number of nitrogens with two attached hydrogens (primary N) is 1. The van der Waals surface area contributed by atoms with E-state index in [-0.39, 0.29) is 18.9 Å². The molecule has 0 aliphatic rings. The molecule has 0 fully saturated rings. The number of anilines is 1. The zero-order valence-corrected chi connectivity index (χ0v) is 37.4. The quantitative estimate of drug-likeness (QED) is 0.0423. The summed E-state index contributed by atoms with van der Waals surface area (Å²) in [7, 11) is -0.662. The molecular formula is C43H75N8O6P. The Morgan fingerprint density at radius 2 is 1.36 bits per heavy atom. The summed E-state index contributed by atoms with van der Waals surface area (Å²) in [4.78, 5) is 21.6. The standard InChI is InChI=1S/C33H58N5O5P.C6H5N3O.2C2H6/c1-3-4-5-6-7-8-9-10-11-12-13-14-15-16-17-18-24-41-25-19-26-42-44(39)43-28-33(27-34,40-2)23-22-30-20-21-31-32(35)36-29-37-38(30)31;7-1-5-2-9-6(4-10)3-8-5;2*1-2/h20-21,29,39H,3-19,22-26,28H2,1-2H3,(H2,35,36,37);2-3,10H,4H2;2*1-2H3. The first-order valence-electron chi connectivity index (χ1n) is 21.6. The van der Waals surface area contributed by atoms with E-state index in [1.807, 2.05) is 45.9 Å². The molecule has 3 heterocycles. The first-order valence-corrected chi connectivity index (χ1v) is 22.7. The second-order valence-corrected chi connectivity index (χ2v) is 14.3. The average Bonchev–Trinajstić information content (AvgIpc) is 3.70. The van der Waals surface area contributed by atoms with Crippen molar-refractivity contribution in [1.29, 1.82) is 10.5 Å². The maximum Gasteiger partial charge on any atom is 0.329 e. The molecule has 0 aromatic carbocycles. The minimum absolute atomic E-state index is 0.113. The normalized spacial score (nSPS) is 12.1. The first kappa shape index (κ1) is 54.7. The molecule has 3 rings (SSSR count). The Balaban J connectivity index is 0.00000197. The third-order valence-electron chi connectivity index (χ3n) is 9.11. The van der Waals surface area contributed by atoms with Crippen molar-refractivity contribution in [2.75, 3.05) is 39.3 Å². The molecule has 0 amide bonds. The van der Waals surface area contributed by atoms with Crippen LogP contribution in [-0.2, 0) is 31.5 Å². The third kappa shape index (κ3) is 25.2. The van der Waals surface area contributed by atoms with Gasteiger partial charge in [-0.25, -0.2) is 14.5 Å². The third-order valence-corrected chi connectivity index (χ3v) is 9.86. The number of rotatable bonds is 30. The minimum Gasteiger partial charge on any atom is -0.390 e. The van der Waals surface area contributed by atoms with E-state index in [4.69, 9.17) is 34.6 Å². The summed E-state index contributed by atoms with van der Waals surface area (Å²) in [5.74, 6) is 0.390. The SMILES string of the molecule is CC.CC.CCCCCCCCCCCCCCCCCCOCCCOP(O)OCC(C#N)(CCc1ccc2c(N)ncnn12)OC.N#Cc1cnc(CO)cn1. The van der Waals surface area contributed by atoms with Crippen molar-refractivity contribution in [2.24, 2.45) is 0 Å². The zero-order chi connectivity index (χ0) is 43.1. The number of ether oxygens (including phenoxy) is 2. The van der Waals surface area contributed by atoms with Gasteiger partial charge in [-0.3, -0.25) is 4.98 Å². The fourth-order valence-electron chi connectivity index (χ4n) is 5.74. The van der Waals surface area contributed by atoms with Crippen LogP contribution in [0.5, 0.6) is 0 Å². The van der Waals surface area contributed by atoms with Crippen molar-refractivity contribution in [1.82, 2.24) is 24.6 Å². The number of nitriles is 2. The van der Waals surface area contributed by atoms with Gasteiger partial charge in [-0.15, -0.1) is 0 Å². The lowest BCUT2D eigenvalue weighted by Gasteiger charge is -2.25. The summed E-state index contributed by atoms with van der Waals surface area (Å²) in [5, 5.41) is 30.8. The fraction of sp³-hybridized carbons (Fsp3) is 0.721. The summed E-state index contributed by atoms with van der Waals surface area (Å²) < 4.78 is 23.8. The van der Waals surface area contributed by atoms with Gasteiger partial charge in [-0.1, -0.05) is 131 Å². The molecule has 0 aliphatic carbocycles. The summed E-state index contributed by atoms with van der Waals surface area (Å²) in [6.07, 6.45) is 27.3. The molecule has 2 unspecified atom stereocenters. The molecule has 4 N–H and O–H groups in total. The van der Waals surface area contributed by atoms with E-state index in [0.29, 0.717) is 49.5 Å². The number of methoxy groups -OCH3 is 1. The lowest BCUT2D eigenvalue weighted by atomic mass is 9.99. The number of aliphatic hydroxyl groups is 1. The summed E-state index contributed by atoms with van der Waals surface area (Å²) in [6, 6.07) is 7.74. The van der Waals surface area contributed by atoms with Gasteiger partial charge in [0.1, 0.15) is 24.0 Å². The Labute approximate surface area is 350 Å². The highest BCUT2D eigenvalue weighted by Crippen LogP contribution is 2.35. The molecule has 15 heteroatoms. The Morgan fingerprint density at radius 1 is 0.776 bits per heavy atom. The largest absolute Gasteiger partial charge is 0.390 e. The molecule has 0 bridgehead atoms. The van der Waals surface area contributed by atoms with Crippen molar-refractivity contribution < 1.29 is 28.5 Å². The molecular weight excluding hydrogens is 755 g/mol. The van der Waals surface area contributed by atoms with E-state index < -0.39 is 14.2 Å². The van der Waals surface area contributed by atoms with Crippen LogP contribution in [0.25, 0.3) is 5.52 Å². The minimum atomic E-state index is -2.12. The van der Waals surface area contributed by atoms with Crippen LogP contribution in [0.15, 0.2) is 30.9 Å². The highest BCUT2D eigenvalue weighted by atomic mass is 31.2.